The van der Waals surface area contributed by atoms with E-state index < -0.39 is 17.4 Å². The fourth-order valence-electron chi connectivity index (χ4n) is 1.65. The molecule has 87 valence electrons. The van der Waals surface area contributed by atoms with Crippen molar-refractivity contribution in [1.82, 2.24) is 0 Å². The number of benzene rings is 1. The van der Waals surface area contributed by atoms with Crippen LogP contribution in [0.5, 0.6) is 0 Å². The first-order chi connectivity index (χ1) is 7.57. The highest BCUT2D eigenvalue weighted by atomic mass is 79.9. The largest absolute Gasteiger partial charge is 0.342 e. The topological polar surface area (TPSA) is 18.5 Å². The first-order valence-corrected chi connectivity index (χ1v) is 5.86. The molecule has 0 aliphatic carbocycles. The van der Waals surface area contributed by atoms with Crippen molar-refractivity contribution in [3.8, 4) is 0 Å². The van der Waals surface area contributed by atoms with Crippen LogP contribution in [0.3, 0.4) is 0 Å². The van der Waals surface area contributed by atoms with Crippen LogP contribution in [0.1, 0.15) is 5.56 Å². The second-order valence-electron chi connectivity index (χ2n) is 3.56. The van der Waals surface area contributed by atoms with Crippen molar-refractivity contribution in [3.63, 3.8) is 0 Å². The second kappa shape index (κ2) is 4.39. The Morgan fingerprint density at radius 1 is 1.50 bits per heavy atom. The van der Waals surface area contributed by atoms with Crippen LogP contribution in [0.15, 0.2) is 18.2 Å². The molecule has 0 N–H and O–H groups in total. The molecule has 0 unspecified atom stereocenters. The van der Waals surface area contributed by atoms with Crippen molar-refractivity contribution in [3.05, 3.63) is 42.3 Å². The molecule has 1 aromatic rings. The van der Waals surface area contributed by atoms with E-state index in [9.17, 15) is 8.78 Å². The van der Waals surface area contributed by atoms with Gasteiger partial charge in [-0.05, 0) is 19.1 Å². The Hall–Kier alpha value is -0.520. The first kappa shape index (κ1) is 12.0. The molecule has 16 heavy (non-hydrogen) atoms. The Bertz CT molecular complexity index is 400. The number of hydrogen-bond acceptors (Lipinski definition) is 2. The third kappa shape index (κ3) is 1.99. The Morgan fingerprint density at radius 2 is 2.25 bits per heavy atom. The van der Waals surface area contributed by atoms with E-state index in [0.717, 1.165) is 6.07 Å². The van der Waals surface area contributed by atoms with E-state index >= 15 is 0 Å². The van der Waals surface area contributed by atoms with Crippen molar-refractivity contribution >= 4 is 15.9 Å². The molecule has 0 spiro atoms. The Kier molecular flexibility index (Phi) is 3.28. The molecule has 2 rings (SSSR count). The third-order valence-corrected chi connectivity index (χ3v) is 3.12. The summed E-state index contributed by atoms with van der Waals surface area (Å²) in [5.74, 6) is -2.52. The monoisotopic (exact) mass is 291 g/mol. The minimum atomic E-state index is -1.20. The van der Waals surface area contributed by atoms with Gasteiger partial charge in [0.1, 0.15) is 11.6 Å². The molecule has 1 aliphatic heterocycles. The zero-order chi connectivity index (χ0) is 11.8. The summed E-state index contributed by atoms with van der Waals surface area (Å²) in [4.78, 5) is 0. The average Bonchev–Trinajstić information content (AvgIpc) is 2.61. The van der Waals surface area contributed by atoms with E-state index in [1.807, 2.05) is 0 Å². The van der Waals surface area contributed by atoms with Gasteiger partial charge in [0, 0.05) is 11.6 Å². The summed E-state index contributed by atoms with van der Waals surface area (Å²) in [6, 6.07) is 3.30. The Labute approximate surface area is 101 Å². The standard InChI is InChI=1S/C11H10BrF2O2/c1-7-5-15-11(6-12,16-7)9-3-2-8(13)4-10(9)14/h2-4,7H,1,5-6H2/t7-,11+/m1/s1. The van der Waals surface area contributed by atoms with Crippen molar-refractivity contribution in [2.45, 2.75) is 11.9 Å². The minimum Gasteiger partial charge on any atom is -0.342 e. The summed E-state index contributed by atoms with van der Waals surface area (Å²) in [6.07, 6.45) is -0.359. The van der Waals surface area contributed by atoms with Gasteiger partial charge in [-0.25, -0.2) is 8.78 Å². The van der Waals surface area contributed by atoms with E-state index in [0.29, 0.717) is 0 Å². The van der Waals surface area contributed by atoms with E-state index in [4.69, 9.17) is 9.47 Å². The lowest BCUT2D eigenvalue weighted by molar-refractivity contribution is -0.154. The predicted octanol–water partition coefficient (Wildman–Crippen LogP) is 2.76. The highest BCUT2D eigenvalue weighted by molar-refractivity contribution is 9.09. The molecule has 2 atom stereocenters. The van der Waals surface area contributed by atoms with E-state index in [2.05, 4.69) is 22.9 Å². The summed E-state index contributed by atoms with van der Waals surface area (Å²) in [5.41, 5.74) is 0.178. The molecule has 1 saturated heterocycles. The van der Waals surface area contributed by atoms with Gasteiger partial charge in [-0.3, -0.25) is 0 Å². The fraction of sp³-hybridized carbons (Fsp3) is 0.364. The molecule has 0 saturated carbocycles. The highest BCUT2D eigenvalue weighted by Gasteiger charge is 2.42. The van der Waals surface area contributed by atoms with Crippen LogP contribution < -0.4 is 0 Å². The number of rotatable bonds is 2. The van der Waals surface area contributed by atoms with Crippen LogP contribution in [0.2, 0.25) is 0 Å². The van der Waals surface area contributed by atoms with Gasteiger partial charge in [-0.1, -0.05) is 15.9 Å². The Morgan fingerprint density at radius 3 is 2.75 bits per heavy atom. The van der Waals surface area contributed by atoms with Gasteiger partial charge < -0.3 is 9.47 Å². The summed E-state index contributed by atoms with van der Waals surface area (Å²) >= 11 is 3.21. The smallest absolute Gasteiger partial charge is 0.208 e. The first-order valence-electron chi connectivity index (χ1n) is 4.74. The second-order valence-corrected chi connectivity index (χ2v) is 4.12. The van der Waals surface area contributed by atoms with Gasteiger partial charge in [0.2, 0.25) is 5.79 Å². The average molecular weight is 292 g/mol. The number of halogens is 3. The van der Waals surface area contributed by atoms with Crippen LogP contribution in [0.4, 0.5) is 8.78 Å². The SMILES string of the molecule is [CH2][C@@H]1CO[C@](CBr)(c2ccc(F)cc2F)O1. The van der Waals surface area contributed by atoms with Crippen LogP contribution in [0.25, 0.3) is 0 Å². The number of hydrogen-bond donors (Lipinski definition) is 0. The quantitative estimate of drug-likeness (QED) is 0.780. The minimum absolute atomic E-state index is 0.178. The van der Waals surface area contributed by atoms with E-state index in [-0.39, 0.29) is 23.6 Å². The normalized spacial score (nSPS) is 29.6. The van der Waals surface area contributed by atoms with Crippen molar-refractivity contribution < 1.29 is 18.3 Å². The molecular weight excluding hydrogens is 282 g/mol. The van der Waals surface area contributed by atoms with Gasteiger partial charge in [0.25, 0.3) is 0 Å². The number of alkyl halides is 1. The zero-order valence-corrected chi connectivity index (χ0v) is 9.97. The van der Waals surface area contributed by atoms with Crippen molar-refractivity contribution in [1.29, 1.82) is 0 Å². The molecule has 2 nitrogen and oxygen atoms in total. The van der Waals surface area contributed by atoms with E-state index in [1.165, 1.54) is 12.1 Å². The molecule has 1 aromatic carbocycles. The molecular formula is C11H10BrF2O2. The molecule has 0 amide bonds. The van der Waals surface area contributed by atoms with Crippen LogP contribution in [0, 0.1) is 18.6 Å². The van der Waals surface area contributed by atoms with E-state index in [1.54, 1.807) is 0 Å². The molecule has 1 heterocycles. The molecule has 1 fully saturated rings. The zero-order valence-electron chi connectivity index (χ0n) is 8.38. The molecule has 1 radical (unpaired) electrons. The lowest BCUT2D eigenvalue weighted by Gasteiger charge is -2.26. The maximum atomic E-state index is 13.6. The van der Waals surface area contributed by atoms with Crippen LogP contribution in [-0.4, -0.2) is 18.0 Å². The fourth-order valence-corrected chi connectivity index (χ4v) is 2.24. The predicted molar refractivity (Wildman–Crippen MR) is 58.0 cm³/mol. The number of ether oxygens (including phenoxy) is 2. The maximum Gasteiger partial charge on any atom is 0.208 e. The van der Waals surface area contributed by atoms with Gasteiger partial charge >= 0.3 is 0 Å². The van der Waals surface area contributed by atoms with Crippen LogP contribution >= 0.6 is 15.9 Å². The van der Waals surface area contributed by atoms with Gasteiger partial charge in [-0.15, -0.1) is 0 Å². The lowest BCUT2D eigenvalue weighted by atomic mass is 10.1. The molecule has 5 heteroatoms. The summed E-state index contributed by atoms with van der Waals surface area (Å²) in [6.45, 7) is 3.97. The highest BCUT2D eigenvalue weighted by Crippen LogP contribution is 2.37. The van der Waals surface area contributed by atoms with Crippen LogP contribution in [-0.2, 0) is 15.3 Å². The van der Waals surface area contributed by atoms with Gasteiger partial charge in [0.05, 0.1) is 18.0 Å². The van der Waals surface area contributed by atoms with Crippen molar-refractivity contribution in [2.24, 2.45) is 0 Å². The molecule has 1 aliphatic rings. The lowest BCUT2D eigenvalue weighted by Crippen LogP contribution is -2.31. The molecule has 0 aromatic heterocycles. The third-order valence-electron chi connectivity index (χ3n) is 2.38. The maximum absolute atomic E-state index is 13.6. The van der Waals surface area contributed by atoms with Crippen molar-refractivity contribution in [2.75, 3.05) is 11.9 Å². The summed E-state index contributed by atoms with van der Waals surface area (Å²) < 4.78 is 37.3. The summed E-state index contributed by atoms with van der Waals surface area (Å²) in [5, 5.41) is 0.259. The molecule has 0 bridgehead atoms. The Balaban J connectivity index is 2.41. The van der Waals surface area contributed by atoms with Gasteiger partial charge in [-0.2, -0.15) is 0 Å². The summed E-state index contributed by atoms with van der Waals surface area (Å²) in [7, 11) is 0. The van der Waals surface area contributed by atoms with Gasteiger partial charge in [0.15, 0.2) is 0 Å².